The summed E-state index contributed by atoms with van der Waals surface area (Å²) in [6.45, 7) is 0. The zero-order valence-corrected chi connectivity index (χ0v) is 12.7. The van der Waals surface area contributed by atoms with E-state index in [2.05, 4.69) is 5.32 Å². The fourth-order valence-corrected chi connectivity index (χ4v) is 2.93. The Balaban J connectivity index is 1.53. The SMILES string of the molecule is O=C(N[C@H]1C[C@@H]1c1cccc(F)c1)c1cc2ccccc2oc1=O. The number of hydrogen-bond acceptors (Lipinski definition) is 3. The van der Waals surface area contributed by atoms with Crippen molar-refractivity contribution in [2.45, 2.75) is 18.4 Å². The third-order valence-electron chi connectivity index (χ3n) is 4.27. The highest BCUT2D eigenvalue weighted by atomic mass is 19.1. The number of hydrogen-bond donors (Lipinski definition) is 1. The molecule has 0 bridgehead atoms. The molecule has 1 aromatic heterocycles. The molecule has 0 saturated heterocycles. The smallest absolute Gasteiger partial charge is 0.349 e. The average Bonchev–Trinajstić information content (AvgIpc) is 3.33. The van der Waals surface area contributed by atoms with Crippen molar-refractivity contribution in [1.29, 1.82) is 0 Å². The van der Waals surface area contributed by atoms with E-state index in [0.29, 0.717) is 11.0 Å². The number of amides is 1. The Hall–Kier alpha value is -2.95. The number of fused-ring (bicyclic) bond motifs is 1. The van der Waals surface area contributed by atoms with Crippen LogP contribution in [0.5, 0.6) is 0 Å². The van der Waals surface area contributed by atoms with Gasteiger partial charge in [-0.05, 0) is 36.2 Å². The molecular formula is C19H14FNO3. The standard InChI is InChI=1S/C19H14FNO3/c20-13-6-3-5-11(8-13)14-10-16(14)21-18(22)15-9-12-4-1-2-7-17(12)24-19(15)23/h1-9,14,16H,10H2,(H,21,22)/t14-,16+/m1/s1. The molecule has 24 heavy (non-hydrogen) atoms. The van der Waals surface area contributed by atoms with Gasteiger partial charge in [-0.15, -0.1) is 0 Å². The molecule has 1 aliphatic carbocycles. The monoisotopic (exact) mass is 323 g/mol. The van der Waals surface area contributed by atoms with E-state index in [-0.39, 0.29) is 23.3 Å². The summed E-state index contributed by atoms with van der Waals surface area (Å²) in [7, 11) is 0. The van der Waals surface area contributed by atoms with Crippen molar-refractivity contribution in [3.05, 3.63) is 82.0 Å². The predicted molar refractivity (Wildman–Crippen MR) is 87.5 cm³/mol. The van der Waals surface area contributed by atoms with Gasteiger partial charge >= 0.3 is 5.63 Å². The fourth-order valence-electron chi connectivity index (χ4n) is 2.93. The lowest BCUT2D eigenvalue weighted by Gasteiger charge is -2.05. The first-order chi connectivity index (χ1) is 11.6. The van der Waals surface area contributed by atoms with Crippen LogP contribution in [0.4, 0.5) is 4.39 Å². The van der Waals surface area contributed by atoms with E-state index in [4.69, 9.17) is 4.42 Å². The molecule has 1 heterocycles. The second-order valence-electron chi connectivity index (χ2n) is 5.96. The van der Waals surface area contributed by atoms with E-state index < -0.39 is 11.5 Å². The maximum Gasteiger partial charge on any atom is 0.349 e. The largest absolute Gasteiger partial charge is 0.422 e. The van der Waals surface area contributed by atoms with Crippen LogP contribution < -0.4 is 10.9 Å². The number of rotatable bonds is 3. The number of para-hydroxylation sites is 1. The molecule has 1 aliphatic rings. The topological polar surface area (TPSA) is 59.3 Å². The molecule has 4 nitrogen and oxygen atoms in total. The molecular weight excluding hydrogens is 309 g/mol. The Kier molecular flexibility index (Phi) is 3.41. The van der Waals surface area contributed by atoms with Gasteiger partial charge in [-0.25, -0.2) is 9.18 Å². The van der Waals surface area contributed by atoms with Crippen LogP contribution >= 0.6 is 0 Å². The summed E-state index contributed by atoms with van der Waals surface area (Å²) in [5.74, 6) is -0.671. The van der Waals surface area contributed by atoms with E-state index in [9.17, 15) is 14.0 Å². The van der Waals surface area contributed by atoms with Crippen LogP contribution in [0.25, 0.3) is 11.0 Å². The van der Waals surface area contributed by atoms with Gasteiger partial charge in [-0.2, -0.15) is 0 Å². The molecule has 1 fully saturated rings. The lowest BCUT2D eigenvalue weighted by Crippen LogP contribution is -2.30. The zero-order chi connectivity index (χ0) is 16.7. The second-order valence-corrected chi connectivity index (χ2v) is 5.96. The summed E-state index contributed by atoms with van der Waals surface area (Å²) >= 11 is 0. The van der Waals surface area contributed by atoms with Gasteiger partial charge in [0.2, 0.25) is 0 Å². The quantitative estimate of drug-likeness (QED) is 0.753. The van der Waals surface area contributed by atoms with Gasteiger partial charge < -0.3 is 9.73 Å². The molecule has 2 atom stereocenters. The first kappa shape index (κ1) is 14.6. The maximum atomic E-state index is 13.3. The van der Waals surface area contributed by atoms with Crippen molar-refractivity contribution < 1.29 is 13.6 Å². The maximum absolute atomic E-state index is 13.3. The molecule has 3 aromatic rings. The van der Waals surface area contributed by atoms with Crippen LogP contribution in [-0.4, -0.2) is 11.9 Å². The van der Waals surface area contributed by atoms with Crippen molar-refractivity contribution in [3.63, 3.8) is 0 Å². The normalized spacial score (nSPS) is 19.2. The number of carbonyl (C=O) groups excluding carboxylic acids is 1. The molecule has 1 saturated carbocycles. The highest BCUT2D eigenvalue weighted by Crippen LogP contribution is 2.41. The van der Waals surface area contributed by atoms with Crippen LogP contribution in [0.2, 0.25) is 0 Å². The summed E-state index contributed by atoms with van der Waals surface area (Å²) in [4.78, 5) is 24.4. The van der Waals surface area contributed by atoms with Crippen molar-refractivity contribution in [2.24, 2.45) is 0 Å². The van der Waals surface area contributed by atoms with Crippen LogP contribution in [0.1, 0.15) is 28.3 Å². The van der Waals surface area contributed by atoms with Gasteiger partial charge in [0.25, 0.3) is 5.91 Å². The van der Waals surface area contributed by atoms with Crippen molar-refractivity contribution in [3.8, 4) is 0 Å². The van der Waals surface area contributed by atoms with Crippen molar-refractivity contribution in [1.82, 2.24) is 5.32 Å². The Morgan fingerprint density at radius 3 is 2.79 bits per heavy atom. The molecule has 4 rings (SSSR count). The molecule has 1 N–H and O–H groups in total. The second kappa shape index (κ2) is 5.60. The van der Waals surface area contributed by atoms with Crippen LogP contribution in [-0.2, 0) is 0 Å². The average molecular weight is 323 g/mol. The van der Waals surface area contributed by atoms with Gasteiger partial charge in [0, 0.05) is 17.3 Å². The highest BCUT2D eigenvalue weighted by Gasteiger charge is 2.40. The highest BCUT2D eigenvalue weighted by molar-refractivity contribution is 5.97. The van der Waals surface area contributed by atoms with Gasteiger partial charge in [0.15, 0.2) is 0 Å². The third-order valence-corrected chi connectivity index (χ3v) is 4.27. The molecule has 0 unspecified atom stereocenters. The third kappa shape index (κ3) is 2.69. The van der Waals surface area contributed by atoms with Gasteiger partial charge in [0.1, 0.15) is 17.0 Å². The predicted octanol–water partition coefficient (Wildman–Crippen LogP) is 3.22. The Morgan fingerprint density at radius 1 is 1.12 bits per heavy atom. The summed E-state index contributed by atoms with van der Waals surface area (Å²) in [6, 6.07) is 14.8. The van der Waals surface area contributed by atoms with E-state index in [1.807, 2.05) is 12.1 Å². The number of halogens is 1. The van der Waals surface area contributed by atoms with Crippen LogP contribution in [0, 0.1) is 5.82 Å². The lowest BCUT2D eigenvalue weighted by molar-refractivity contribution is 0.0947. The molecule has 120 valence electrons. The van der Waals surface area contributed by atoms with Crippen molar-refractivity contribution >= 4 is 16.9 Å². The Labute approximate surface area is 136 Å². The zero-order valence-electron chi connectivity index (χ0n) is 12.7. The first-order valence-corrected chi connectivity index (χ1v) is 7.71. The minimum absolute atomic E-state index is 0.0152. The van der Waals surface area contributed by atoms with E-state index >= 15 is 0 Å². The Morgan fingerprint density at radius 2 is 1.96 bits per heavy atom. The minimum Gasteiger partial charge on any atom is -0.422 e. The molecule has 5 heteroatoms. The molecule has 0 aliphatic heterocycles. The summed E-state index contributed by atoms with van der Waals surface area (Å²) < 4.78 is 18.4. The minimum atomic E-state index is -0.658. The van der Waals surface area contributed by atoms with Gasteiger partial charge in [0.05, 0.1) is 0 Å². The van der Waals surface area contributed by atoms with Crippen molar-refractivity contribution in [2.75, 3.05) is 0 Å². The fraction of sp³-hybridized carbons (Fsp3) is 0.158. The van der Waals surface area contributed by atoms with E-state index in [0.717, 1.165) is 12.0 Å². The Bertz CT molecular complexity index is 995. The number of benzene rings is 2. The molecule has 2 aromatic carbocycles. The van der Waals surface area contributed by atoms with Gasteiger partial charge in [-0.1, -0.05) is 30.3 Å². The van der Waals surface area contributed by atoms with Crippen LogP contribution in [0.15, 0.2) is 63.8 Å². The number of carbonyl (C=O) groups is 1. The summed E-state index contributed by atoms with van der Waals surface area (Å²) in [5.41, 5.74) is 0.627. The molecule has 0 radical (unpaired) electrons. The molecule has 0 spiro atoms. The summed E-state index contributed by atoms with van der Waals surface area (Å²) in [6.07, 6.45) is 0.730. The first-order valence-electron chi connectivity index (χ1n) is 7.71. The van der Waals surface area contributed by atoms with E-state index in [1.54, 1.807) is 24.3 Å². The van der Waals surface area contributed by atoms with Crippen LogP contribution in [0.3, 0.4) is 0 Å². The molecule has 1 amide bonds. The number of nitrogens with one attached hydrogen (secondary N) is 1. The summed E-state index contributed by atoms with van der Waals surface area (Å²) in [5, 5.41) is 3.52. The van der Waals surface area contributed by atoms with Gasteiger partial charge in [-0.3, -0.25) is 4.79 Å². The van der Waals surface area contributed by atoms with E-state index in [1.165, 1.54) is 18.2 Å². The lowest BCUT2D eigenvalue weighted by atomic mass is 10.1.